The van der Waals surface area contributed by atoms with E-state index in [-0.39, 0.29) is 11.9 Å². The fourth-order valence-electron chi connectivity index (χ4n) is 2.13. The minimum Gasteiger partial charge on any atom is -0.473 e. The number of sulfonamides is 1. The second-order valence-corrected chi connectivity index (χ2v) is 6.66. The molecule has 0 N–H and O–H groups in total. The summed E-state index contributed by atoms with van der Waals surface area (Å²) in [5.41, 5.74) is 0. The third-order valence-electron chi connectivity index (χ3n) is 3.08. The van der Waals surface area contributed by atoms with Crippen LogP contribution in [0.3, 0.4) is 0 Å². The molecule has 0 unspecified atom stereocenters. The molecule has 1 fully saturated rings. The smallest absolute Gasteiger partial charge is 0.232 e. The van der Waals surface area contributed by atoms with Crippen LogP contribution in [0.2, 0.25) is 0 Å². The van der Waals surface area contributed by atoms with Crippen molar-refractivity contribution in [3.05, 3.63) is 18.6 Å². The lowest BCUT2D eigenvalue weighted by Crippen LogP contribution is -2.42. The monoisotopic (exact) mass is 285 g/mol. The molecule has 2 rings (SSSR count). The first-order chi connectivity index (χ1) is 9.12. The average molecular weight is 285 g/mol. The van der Waals surface area contributed by atoms with Crippen molar-refractivity contribution in [2.24, 2.45) is 0 Å². The lowest BCUT2D eigenvalue weighted by atomic mass is 10.1. The van der Waals surface area contributed by atoms with Gasteiger partial charge in [0.15, 0.2) is 0 Å². The Labute approximate surface area is 113 Å². The van der Waals surface area contributed by atoms with Crippen LogP contribution >= 0.6 is 0 Å². The molecule has 106 valence electrons. The van der Waals surface area contributed by atoms with Gasteiger partial charge in [0.2, 0.25) is 15.9 Å². The highest BCUT2D eigenvalue weighted by molar-refractivity contribution is 7.89. The molecule has 0 aromatic carbocycles. The van der Waals surface area contributed by atoms with E-state index in [4.69, 9.17) is 4.74 Å². The molecule has 0 saturated carbocycles. The zero-order chi connectivity index (χ0) is 13.7. The molecule has 0 atom stereocenters. The number of piperidine rings is 1. The standard InChI is InChI=1S/C12H19N3O3S/c1-2-9-19(16,17)15-7-3-11(4-8-15)18-12-10-13-5-6-14-12/h5-6,10-11H,2-4,7-9H2,1H3. The summed E-state index contributed by atoms with van der Waals surface area (Å²) in [6.45, 7) is 2.92. The van der Waals surface area contributed by atoms with Crippen molar-refractivity contribution in [3.63, 3.8) is 0 Å². The highest BCUT2D eigenvalue weighted by atomic mass is 32.2. The summed E-state index contributed by atoms with van der Waals surface area (Å²) in [5, 5.41) is 0. The van der Waals surface area contributed by atoms with Crippen LogP contribution in [-0.2, 0) is 10.0 Å². The summed E-state index contributed by atoms with van der Waals surface area (Å²) < 4.78 is 31.1. The van der Waals surface area contributed by atoms with Crippen molar-refractivity contribution < 1.29 is 13.2 Å². The Bertz CT molecular complexity index is 484. The number of aromatic nitrogens is 2. The molecule has 0 spiro atoms. The van der Waals surface area contributed by atoms with Crippen molar-refractivity contribution in [2.45, 2.75) is 32.3 Å². The van der Waals surface area contributed by atoms with E-state index in [0.29, 0.717) is 38.2 Å². The lowest BCUT2D eigenvalue weighted by Gasteiger charge is -2.30. The van der Waals surface area contributed by atoms with Gasteiger partial charge in [0.1, 0.15) is 6.10 Å². The quantitative estimate of drug-likeness (QED) is 0.809. The largest absolute Gasteiger partial charge is 0.473 e. The Morgan fingerprint density at radius 1 is 1.37 bits per heavy atom. The molecule has 0 aliphatic carbocycles. The van der Waals surface area contributed by atoms with Gasteiger partial charge in [0, 0.05) is 25.5 Å². The molecule has 19 heavy (non-hydrogen) atoms. The minimum absolute atomic E-state index is 0.0183. The third-order valence-corrected chi connectivity index (χ3v) is 5.16. The number of ether oxygens (including phenoxy) is 1. The molecule has 1 aliphatic heterocycles. The second kappa shape index (κ2) is 6.29. The number of hydrogen-bond acceptors (Lipinski definition) is 5. The predicted molar refractivity (Wildman–Crippen MR) is 71.3 cm³/mol. The van der Waals surface area contributed by atoms with E-state index in [9.17, 15) is 8.42 Å². The van der Waals surface area contributed by atoms with E-state index < -0.39 is 10.0 Å². The minimum atomic E-state index is -3.08. The normalized spacial score (nSPS) is 18.4. The molecule has 2 heterocycles. The number of nitrogens with zero attached hydrogens (tertiary/aromatic N) is 3. The summed E-state index contributed by atoms with van der Waals surface area (Å²) >= 11 is 0. The van der Waals surface area contributed by atoms with E-state index in [0.717, 1.165) is 0 Å². The predicted octanol–water partition coefficient (Wildman–Crippen LogP) is 1.06. The third kappa shape index (κ3) is 3.87. The first-order valence-electron chi connectivity index (χ1n) is 6.52. The van der Waals surface area contributed by atoms with E-state index in [1.165, 1.54) is 0 Å². The van der Waals surface area contributed by atoms with Crippen LogP contribution in [-0.4, -0.2) is 47.6 Å². The van der Waals surface area contributed by atoms with Crippen molar-refractivity contribution in [2.75, 3.05) is 18.8 Å². The lowest BCUT2D eigenvalue weighted by molar-refractivity contribution is 0.129. The summed E-state index contributed by atoms with van der Waals surface area (Å²) in [4.78, 5) is 7.99. The van der Waals surface area contributed by atoms with Gasteiger partial charge in [0.25, 0.3) is 0 Å². The van der Waals surface area contributed by atoms with Gasteiger partial charge in [-0.25, -0.2) is 17.7 Å². The molecule has 1 aliphatic rings. The Balaban J connectivity index is 1.86. The fraction of sp³-hybridized carbons (Fsp3) is 0.667. The molecule has 1 aromatic rings. The van der Waals surface area contributed by atoms with Crippen molar-refractivity contribution in [3.8, 4) is 5.88 Å². The first-order valence-corrected chi connectivity index (χ1v) is 8.13. The van der Waals surface area contributed by atoms with Crippen LogP contribution in [0.15, 0.2) is 18.6 Å². The zero-order valence-electron chi connectivity index (χ0n) is 11.0. The number of hydrogen-bond donors (Lipinski definition) is 0. The molecule has 0 bridgehead atoms. The van der Waals surface area contributed by atoms with E-state index in [1.807, 2.05) is 6.92 Å². The highest BCUT2D eigenvalue weighted by Gasteiger charge is 2.28. The van der Waals surface area contributed by atoms with E-state index >= 15 is 0 Å². The van der Waals surface area contributed by atoms with E-state index in [2.05, 4.69) is 9.97 Å². The van der Waals surface area contributed by atoms with Crippen LogP contribution in [0.4, 0.5) is 0 Å². The highest BCUT2D eigenvalue weighted by Crippen LogP contribution is 2.18. The summed E-state index contributed by atoms with van der Waals surface area (Å²) in [7, 11) is -3.08. The van der Waals surface area contributed by atoms with Crippen LogP contribution < -0.4 is 4.74 Å². The Hall–Kier alpha value is -1.21. The average Bonchev–Trinajstić information content (AvgIpc) is 2.40. The molecular formula is C12H19N3O3S. The Morgan fingerprint density at radius 2 is 2.11 bits per heavy atom. The van der Waals surface area contributed by atoms with Crippen molar-refractivity contribution in [1.82, 2.24) is 14.3 Å². The van der Waals surface area contributed by atoms with Gasteiger partial charge >= 0.3 is 0 Å². The fourth-order valence-corrected chi connectivity index (χ4v) is 3.67. The van der Waals surface area contributed by atoms with Crippen LogP contribution in [0.1, 0.15) is 26.2 Å². The van der Waals surface area contributed by atoms with Gasteiger partial charge in [-0.3, -0.25) is 4.98 Å². The van der Waals surface area contributed by atoms with Crippen molar-refractivity contribution >= 4 is 10.0 Å². The SMILES string of the molecule is CCCS(=O)(=O)N1CCC(Oc2cnccn2)CC1. The first kappa shape index (κ1) is 14.2. The zero-order valence-corrected chi connectivity index (χ0v) is 11.8. The van der Waals surface area contributed by atoms with Crippen molar-refractivity contribution in [1.29, 1.82) is 0 Å². The molecule has 0 amide bonds. The Kier molecular flexibility index (Phi) is 4.71. The molecule has 1 saturated heterocycles. The van der Waals surface area contributed by atoms with Crippen LogP contribution in [0.25, 0.3) is 0 Å². The van der Waals surface area contributed by atoms with Gasteiger partial charge in [-0.2, -0.15) is 0 Å². The number of rotatable bonds is 5. The van der Waals surface area contributed by atoms with Gasteiger partial charge in [0.05, 0.1) is 11.9 Å². The molecule has 0 radical (unpaired) electrons. The van der Waals surface area contributed by atoms with Gasteiger partial charge in [-0.15, -0.1) is 0 Å². The molecule has 6 nitrogen and oxygen atoms in total. The van der Waals surface area contributed by atoms with E-state index in [1.54, 1.807) is 22.9 Å². The summed E-state index contributed by atoms with van der Waals surface area (Å²) in [5.74, 6) is 0.722. The topological polar surface area (TPSA) is 72.4 Å². The molecule has 7 heteroatoms. The maximum Gasteiger partial charge on any atom is 0.232 e. The maximum atomic E-state index is 11.9. The molecule has 1 aromatic heterocycles. The summed E-state index contributed by atoms with van der Waals surface area (Å²) in [6, 6.07) is 0. The summed E-state index contributed by atoms with van der Waals surface area (Å²) in [6.07, 6.45) is 6.80. The van der Waals surface area contributed by atoms with Crippen LogP contribution in [0, 0.1) is 0 Å². The Morgan fingerprint density at radius 3 is 2.68 bits per heavy atom. The second-order valence-electron chi connectivity index (χ2n) is 4.58. The molecular weight excluding hydrogens is 266 g/mol. The van der Waals surface area contributed by atoms with Gasteiger partial charge < -0.3 is 4.74 Å². The van der Waals surface area contributed by atoms with Gasteiger partial charge in [-0.1, -0.05) is 6.92 Å². The maximum absolute atomic E-state index is 11.9. The van der Waals surface area contributed by atoms with Gasteiger partial charge in [-0.05, 0) is 19.3 Å². The van der Waals surface area contributed by atoms with Crippen LogP contribution in [0.5, 0.6) is 5.88 Å².